The average molecular weight is 275 g/mol. The number of anilines is 1. The van der Waals surface area contributed by atoms with Gasteiger partial charge < -0.3 is 14.7 Å². The number of nitrogens with zero attached hydrogens (tertiary/aromatic N) is 3. The molecule has 2 amide bonds. The predicted octanol–water partition coefficient (Wildman–Crippen LogP) is 2.61. The van der Waals surface area contributed by atoms with Gasteiger partial charge in [0.2, 0.25) is 0 Å². The minimum Gasteiger partial charge on any atom is -0.368 e. The zero-order valence-corrected chi connectivity index (χ0v) is 13.0. The van der Waals surface area contributed by atoms with Crippen LogP contribution in [0.1, 0.15) is 25.3 Å². The molecule has 4 heteroatoms. The monoisotopic (exact) mass is 275 g/mol. The number of hydrogen-bond donors (Lipinski definition) is 0. The van der Waals surface area contributed by atoms with E-state index in [4.69, 9.17) is 0 Å². The number of carbonyl (C=O) groups is 1. The highest BCUT2D eigenvalue weighted by Gasteiger charge is 2.22. The molecular formula is C16H25N3O. The van der Waals surface area contributed by atoms with E-state index in [0.717, 1.165) is 26.2 Å². The van der Waals surface area contributed by atoms with Gasteiger partial charge in [0.05, 0.1) is 0 Å². The van der Waals surface area contributed by atoms with E-state index in [1.54, 1.807) is 19.0 Å². The van der Waals surface area contributed by atoms with E-state index in [1.165, 1.54) is 11.3 Å². The number of carbonyl (C=O) groups excluding carboxylic acids is 1. The van der Waals surface area contributed by atoms with Gasteiger partial charge in [-0.1, -0.05) is 26.0 Å². The second-order valence-electron chi connectivity index (χ2n) is 5.90. The fourth-order valence-corrected chi connectivity index (χ4v) is 2.52. The number of amides is 2. The molecule has 0 radical (unpaired) electrons. The molecule has 0 aliphatic carbocycles. The molecule has 0 N–H and O–H groups in total. The van der Waals surface area contributed by atoms with Gasteiger partial charge in [-0.3, -0.25) is 0 Å². The SMILES string of the molecule is CC(C)c1cccc(N2CCN(C(=O)N(C)C)CC2)c1. The molecule has 0 spiro atoms. The molecule has 1 fully saturated rings. The summed E-state index contributed by atoms with van der Waals surface area (Å²) in [6, 6.07) is 8.85. The van der Waals surface area contributed by atoms with Crippen LogP contribution in [0.5, 0.6) is 0 Å². The summed E-state index contributed by atoms with van der Waals surface area (Å²) in [7, 11) is 3.61. The van der Waals surface area contributed by atoms with Crippen LogP contribution in [0.3, 0.4) is 0 Å². The van der Waals surface area contributed by atoms with Crippen LogP contribution < -0.4 is 4.90 Å². The summed E-state index contributed by atoms with van der Waals surface area (Å²) in [6.07, 6.45) is 0. The van der Waals surface area contributed by atoms with Crippen molar-refractivity contribution in [1.29, 1.82) is 0 Å². The molecule has 110 valence electrons. The maximum Gasteiger partial charge on any atom is 0.319 e. The number of benzene rings is 1. The Balaban J connectivity index is 2.00. The van der Waals surface area contributed by atoms with Gasteiger partial charge in [0, 0.05) is 46.0 Å². The lowest BCUT2D eigenvalue weighted by molar-refractivity contribution is 0.168. The van der Waals surface area contributed by atoms with E-state index in [-0.39, 0.29) is 6.03 Å². The number of piperazine rings is 1. The topological polar surface area (TPSA) is 26.8 Å². The third-order valence-electron chi connectivity index (χ3n) is 3.83. The maximum atomic E-state index is 11.9. The van der Waals surface area contributed by atoms with Crippen molar-refractivity contribution >= 4 is 11.7 Å². The van der Waals surface area contributed by atoms with Crippen LogP contribution in [0, 0.1) is 0 Å². The Kier molecular flexibility index (Phi) is 4.53. The van der Waals surface area contributed by atoms with Gasteiger partial charge in [-0.05, 0) is 23.6 Å². The van der Waals surface area contributed by atoms with Crippen molar-refractivity contribution in [3.05, 3.63) is 29.8 Å². The Labute approximate surface area is 122 Å². The van der Waals surface area contributed by atoms with E-state index in [1.807, 2.05) is 4.90 Å². The minimum atomic E-state index is 0.112. The second-order valence-corrected chi connectivity index (χ2v) is 5.90. The van der Waals surface area contributed by atoms with E-state index in [2.05, 4.69) is 43.0 Å². The number of hydrogen-bond acceptors (Lipinski definition) is 2. The molecular weight excluding hydrogens is 250 g/mol. The highest BCUT2D eigenvalue weighted by molar-refractivity contribution is 5.74. The molecule has 1 heterocycles. The van der Waals surface area contributed by atoms with Gasteiger partial charge in [-0.2, -0.15) is 0 Å². The second kappa shape index (κ2) is 6.16. The lowest BCUT2D eigenvalue weighted by atomic mass is 10.0. The smallest absolute Gasteiger partial charge is 0.319 e. The molecule has 0 unspecified atom stereocenters. The van der Waals surface area contributed by atoms with Gasteiger partial charge in [0.1, 0.15) is 0 Å². The summed E-state index contributed by atoms with van der Waals surface area (Å²) >= 11 is 0. The zero-order chi connectivity index (χ0) is 14.7. The molecule has 0 atom stereocenters. The third kappa shape index (κ3) is 3.24. The van der Waals surface area contributed by atoms with Gasteiger partial charge in [-0.25, -0.2) is 4.79 Å². The third-order valence-corrected chi connectivity index (χ3v) is 3.83. The lowest BCUT2D eigenvalue weighted by Gasteiger charge is -2.37. The fraction of sp³-hybridized carbons (Fsp3) is 0.562. The standard InChI is InChI=1S/C16H25N3O/c1-13(2)14-6-5-7-15(12-14)18-8-10-19(11-9-18)16(20)17(3)4/h5-7,12-13H,8-11H2,1-4H3. The Hall–Kier alpha value is -1.71. The Bertz CT molecular complexity index is 463. The molecule has 2 rings (SSSR count). The van der Waals surface area contributed by atoms with Crippen molar-refractivity contribution in [3.63, 3.8) is 0 Å². The van der Waals surface area contributed by atoms with E-state index in [9.17, 15) is 4.79 Å². The Morgan fingerprint density at radius 1 is 1.15 bits per heavy atom. The van der Waals surface area contributed by atoms with E-state index < -0.39 is 0 Å². The lowest BCUT2D eigenvalue weighted by Crippen LogP contribution is -2.51. The molecule has 1 aromatic carbocycles. The molecule has 1 aromatic rings. The highest BCUT2D eigenvalue weighted by atomic mass is 16.2. The summed E-state index contributed by atoms with van der Waals surface area (Å²) in [6.45, 7) is 7.83. The Morgan fingerprint density at radius 3 is 2.35 bits per heavy atom. The average Bonchev–Trinajstić information content (AvgIpc) is 2.46. The van der Waals surface area contributed by atoms with Gasteiger partial charge >= 0.3 is 6.03 Å². The zero-order valence-electron chi connectivity index (χ0n) is 13.0. The first-order valence-corrected chi connectivity index (χ1v) is 7.30. The first-order chi connectivity index (χ1) is 9.49. The molecule has 0 aromatic heterocycles. The molecule has 0 saturated carbocycles. The largest absolute Gasteiger partial charge is 0.368 e. The van der Waals surface area contributed by atoms with Crippen molar-refractivity contribution in [2.24, 2.45) is 0 Å². The van der Waals surface area contributed by atoms with Crippen LogP contribution >= 0.6 is 0 Å². The predicted molar refractivity (Wildman–Crippen MR) is 83.4 cm³/mol. The van der Waals surface area contributed by atoms with Gasteiger partial charge in [-0.15, -0.1) is 0 Å². The van der Waals surface area contributed by atoms with Crippen LogP contribution in [0.25, 0.3) is 0 Å². The molecule has 20 heavy (non-hydrogen) atoms. The van der Waals surface area contributed by atoms with E-state index in [0.29, 0.717) is 5.92 Å². The highest BCUT2D eigenvalue weighted by Crippen LogP contribution is 2.22. The summed E-state index contributed by atoms with van der Waals surface area (Å²) < 4.78 is 0. The van der Waals surface area contributed by atoms with Crippen LogP contribution in [0.15, 0.2) is 24.3 Å². The van der Waals surface area contributed by atoms with Crippen molar-refractivity contribution in [2.45, 2.75) is 19.8 Å². The van der Waals surface area contributed by atoms with Crippen molar-refractivity contribution in [1.82, 2.24) is 9.80 Å². The van der Waals surface area contributed by atoms with Gasteiger partial charge in [0.25, 0.3) is 0 Å². The van der Waals surface area contributed by atoms with Crippen molar-refractivity contribution in [2.75, 3.05) is 45.2 Å². The normalized spacial score (nSPS) is 15.7. The Morgan fingerprint density at radius 2 is 1.80 bits per heavy atom. The van der Waals surface area contributed by atoms with Crippen molar-refractivity contribution < 1.29 is 4.79 Å². The molecule has 4 nitrogen and oxygen atoms in total. The molecule has 1 saturated heterocycles. The summed E-state index contributed by atoms with van der Waals surface area (Å²) in [5.74, 6) is 0.548. The molecule has 1 aliphatic rings. The molecule has 1 aliphatic heterocycles. The maximum absolute atomic E-state index is 11.9. The van der Waals surface area contributed by atoms with E-state index >= 15 is 0 Å². The van der Waals surface area contributed by atoms with Crippen LogP contribution in [-0.4, -0.2) is 56.1 Å². The summed E-state index contributed by atoms with van der Waals surface area (Å²) in [4.78, 5) is 17.9. The van der Waals surface area contributed by atoms with Crippen LogP contribution in [-0.2, 0) is 0 Å². The number of rotatable bonds is 2. The quantitative estimate of drug-likeness (QED) is 0.829. The molecule has 0 bridgehead atoms. The van der Waals surface area contributed by atoms with Crippen LogP contribution in [0.2, 0.25) is 0 Å². The first kappa shape index (κ1) is 14.7. The van der Waals surface area contributed by atoms with Crippen LogP contribution in [0.4, 0.5) is 10.5 Å². The van der Waals surface area contributed by atoms with Crippen molar-refractivity contribution in [3.8, 4) is 0 Å². The summed E-state index contributed by atoms with van der Waals surface area (Å²) in [5, 5.41) is 0. The number of urea groups is 1. The fourth-order valence-electron chi connectivity index (χ4n) is 2.52. The summed E-state index contributed by atoms with van der Waals surface area (Å²) in [5.41, 5.74) is 2.64. The first-order valence-electron chi connectivity index (χ1n) is 7.30. The minimum absolute atomic E-state index is 0.112. The van der Waals surface area contributed by atoms with Gasteiger partial charge in [0.15, 0.2) is 0 Å².